The smallest absolute Gasteiger partial charge is 0.465 e. The Bertz CT molecular complexity index is 668. The van der Waals surface area contributed by atoms with Crippen molar-refractivity contribution in [3.63, 3.8) is 0 Å². The Morgan fingerprint density at radius 1 is 1.25 bits per heavy atom. The molecule has 1 aromatic heterocycles. The number of aromatic nitrogens is 1. The minimum atomic E-state index is -4.79. The summed E-state index contributed by atoms with van der Waals surface area (Å²) in [5.74, 6) is -1.06. The van der Waals surface area contributed by atoms with Crippen LogP contribution >= 0.6 is 0 Å². The number of aryl methyl sites for hydroxylation is 1. The van der Waals surface area contributed by atoms with Gasteiger partial charge in [-0.15, -0.1) is 13.2 Å². The first-order valence-electron chi connectivity index (χ1n) is 5.55. The van der Waals surface area contributed by atoms with E-state index in [0.29, 0.717) is 11.2 Å². The van der Waals surface area contributed by atoms with E-state index in [1.165, 1.54) is 19.2 Å². The molecule has 0 saturated carbocycles. The molecule has 0 N–H and O–H groups in total. The van der Waals surface area contributed by atoms with Crippen molar-refractivity contribution < 1.29 is 27.4 Å². The molecule has 0 amide bonds. The van der Waals surface area contributed by atoms with Gasteiger partial charge < -0.3 is 9.47 Å². The van der Waals surface area contributed by atoms with Gasteiger partial charge in [0.05, 0.1) is 18.2 Å². The summed E-state index contributed by atoms with van der Waals surface area (Å²) in [5, 5.41) is 0.240. The minimum Gasteiger partial charge on any atom is -0.465 e. The van der Waals surface area contributed by atoms with E-state index in [4.69, 9.17) is 0 Å². The highest BCUT2D eigenvalue weighted by Gasteiger charge is 2.31. The number of nitrogens with zero attached hydrogens (tertiary/aromatic N) is 1. The van der Waals surface area contributed by atoms with E-state index in [1.807, 2.05) is 0 Å². The number of hydrogen-bond acceptors (Lipinski definition) is 4. The van der Waals surface area contributed by atoms with Crippen LogP contribution in [0.4, 0.5) is 13.2 Å². The van der Waals surface area contributed by atoms with Gasteiger partial charge in [0.15, 0.2) is 0 Å². The number of hydrogen-bond donors (Lipinski definition) is 0. The first-order chi connectivity index (χ1) is 9.30. The van der Waals surface area contributed by atoms with Crippen LogP contribution in [-0.4, -0.2) is 24.4 Å². The molecule has 0 unspecified atom stereocenters. The van der Waals surface area contributed by atoms with Gasteiger partial charge in [0.1, 0.15) is 5.75 Å². The fourth-order valence-corrected chi connectivity index (χ4v) is 1.81. The largest absolute Gasteiger partial charge is 0.573 e. The van der Waals surface area contributed by atoms with E-state index in [2.05, 4.69) is 14.5 Å². The number of pyridine rings is 1. The topological polar surface area (TPSA) is 48.4 Å². The van der Waals surface area contributed by atoms with Crippen molar-refractivity contribution >= 4 is 16.9 Å². The first kappa shape index (κ1) is 14.1. The summed E-state index contributed by atoms with van der Waals surface area (Å²) in [7, 11) is 1.19. The van der Waals surface area contributed by atoms with Crippen LogP contribution in [0.3, 0.4) is 0 Å². The zero-order chi connectivity index (χ0) is 14.9. The Hall–Kier alpha value is -2.31. The molecule has 106 valence electrons. The van der Waals surface area contributed by atoms with E-state index in [9.17, 15) is 18.0 Å². The molecule has 0 fully saturated rings. The Morgan fingerprint density at radius 3 is 2.55 bits per heavy atom. The molecule has 0 bridgehead atoms. The number of alkyl halides is 3. The third-order valence-electron chi connectivity index (χ3n) is 2.55. The lowest BCUT2D eigenvalue weighted by Crippen LogP contribution is -2.17. The molecule has 4 nitrogen and oxygen atoms in total. The van der Waals surface area contributed by atoms with Gasteiger partial charge in [0.25, 0.3) is 0 Å². The fraction of sp³-hybridized carbons (Fsp3) is 0.231. The minimum absolute atomic E-state index is 0.141. The van der Waals surface area contributed by atoms with Gasteiger partial charge in [0, 0.05) is 11.1 Å². The summed E-state index contributed by atoms with van der Waals surface area (Å²) < 4.78 is 45.0. The van der Waals surface area contributed by atoms with Crippen LogP contribution in [0.1, 0.15) is 16.1 Å². The maximum Gasteiger partial charge on any atom is 0.573 e. The summed E-state index contributed by atoms with van der Waals surface area (Å²) in [4.78, 5) is 15.8. The summed E-state index contributed by atoms with van der Waals surface area (Å²) in [6.07, 6.45) is -4.79. The van der Waals surface area contributed by atoms with Crippen molar-refractivity contribution in [3.8, 4) is 5.75 Å². The second-order valence-electron chi connectivity index (χ2n) is 4.03. The Balaban J connectivity index is 2.60. The Morgan fingerprint density at radius 2 is 1.95 bits per heavy atom. The third-order valence-corrected chi connectivity index (χ3v) is 2.55. The van der Waals surface area contributed by atoms with E-state index in [0.717, 1.165) is 12.1 Å². The molecule has 0 spiro atoms. The van der Waals surface area contributed by atoms with Gasteiger partial charge in [-0.3, -0.25) is 4.98 Å². The summed E-state index contributed by atoms with van der Waals surface area (Å²) in [6, 6.07) is 5.06. The number of esters is 1. The number of rotatable bonds is 2. The predicted molar refractivity (Wildman–Crippen MR) is 64.5 cm³/mol. The number of ether oxygens (including phenoxy) is 2. The van der Waals surface area contributed by atoms with Crippen LogP contribution < -0.4 is 4.74 Å². The molecule has 2 rings (SSSR count). The van der Waals surface area contributed by atoms with E-state index in [-0.39, 0.29) is 10.9 Å². The van der Waals surface area contributed by atoms with Crippen LogP contribution in [0, 0.1) is 6.92 Å². The lowest BCUT2D eigenvalue weighted by molar-refractivity contribution is -0.274. The van der Waals surface area contributed by atoms with Crippen molar-refractivity contribution in [1.82, 2.24) is 4.98 Å². The number of benzene rings is 1. The zero-order valence-electron chi connectivity index (χ0n) is 10.6. The number of halogens is 3. The summed E-state index contributed by atoms with van der Waals surface area (Å²) in [6.45, 7) is 1.67. The second kappa shape index (κ2) is 4.99. The van der Waals surface area contributed by atoms with Crippen molar-refractivity contribution in [2.75, 3.05) is 7.11 Å². The number of methoxy groups -OCH3 is 1. The molecule has 1 aromatic carbocycles. The monoisotopic (exact) mass is 285 g/mol. The van der Waals surface area contributed by atoms with E-state index < -0.39 is 18.1 Å². The molecule has 0 radical (unpaired) electrons. The molecule has 0 aliphatic carbocycles. The number of carbonyl (C=O) groups is 1. The van der Waals surface area contributed by atoms with Crippen LogP contribution in [0.2, 0.25) is 0 Å². The highest BCUT2D eigenvalue weighted by molar-refractivity contribution is 6.03. The van der Waals surface area contributed by atoms with Crippen LogP contribution in [-0.2, 0) is 4.74 Å². The maximum atomic E-state index is 12.2. The number of carbonyl (C=O) groups excluding carboxylic acids is 1. The normalized spacial score (nSPS) is 11.4. The molecular formula is C13H10F3NO3. The first-order valence-corrected chi connectivity index (χ1v) is 5.55. The Kier molecular flexibility index (Phi) is 3.52. The molecule has 0 aliphatic rings. The average Bonchev–Trinajstić information content (AvgIpc) is 2.35. The third kappa shape index (κ3) is 2.98. The molecule has 0 saturated heterocycles. The van der Waals surface area contributed by atoms with Crippen LogP contribution in [0.25, 0.3) is 10.9 Å². The van der Waals surface area contributed by atoms with Crippen LogP contribution in [0.5, 0.6) is 5.75 Å². The average molecular weight is 285 g/mol. The standard InChI is InChI=1S/C13H10F3NO3/c1-7-5-10(12(18)19-2)9-6-8(20-13(14,15)16)3-4-11(9)17-7/h3-6H,1-2H3. The van der Waals surface area contributed by atoms with Crippen molar-refractivity contribution in [1.29, 1.82) is 0 Å². The van der Waals surface area contributed by atoms with Gasteiger partial charge in [-0.25, -0.2) is 4.79 Å². The van der Waals surface area contributed by atoms with Gasteiger partial charge in [-0.2, -0.15) is 0 Å². The van der Waals surface area contributed by atoms with Crippen LogP contribution in [0.15, 0.2) is 24.3 Å². The van der Waals surface area contributed by atoms with Crippen molar-refractivity contribution in [3.05, 3.63) is 35.5 Å². The molecule has 20 heavy (non-hydrogen) atoms. The summed E-state index contributed by atoms with van der Waals surface area (Å²) in [5.41, 5.74) is 1.09. The van der Waals surface area contributed by atoms with Crippen molar-refractivity contribution in [2.24, 2.45) is 0 Å². The molecular weight excluding hydrogens is 275 g/mol. The van der Waals surface area contributed by atoms with Gasteiger partial charge in [0.2, 0.25) is 0 Å². The van der Waals surface area contributed by atoms with Gasteiger partial charge in [-0.05, 0) is 31.2 Å². The quantitative estimate of drug-likeness (QED) is 0.795. The zero-order valence-corrected chi connectivity index (χ0v) is 10.6. The van der Waals surface area contributed by atoms with E-state index >= 15 is 0 Å². The van der Waals surface area contributed by atoms with Gasteiger partial charge in [-0.1, -0.05) is 0 Å². The highest BCUT2D eigenvalue weighted by Crippen LogP contribution is 2.28. The highest BCUT2D eigenvalue weighted by atomic mass is 19.4. The SMILES string of the molecule is COC(=O)c1cc(C)nc2ccc(OC(F)(F)F)cc12. The lowest BCUT2D eigenvalue weighted by Gasteiger charge is -2.11. The maximum absolute atomic E-state index is 12.2. The van der Waals surface area contributed by atoms with Crippen molar-refractivity contribution in [2.45, 2.75) is 13.3 Å². The molecule has 7 heteroatoms. The molecule has 0 aliphatic heterocycles. The van der Waals surface area contributed by atoms with E-state index in [1.54, 1.807) is 6.92 Å². The Labute approximate surface area is 112 Å². The van der Waals surface area contributed by atoms with Gasteiger partial charge >= 0.3 is 12.3 Å². The molecule has 1 heterocycles. The fourth-order valence-electron chi connectivity index (χ4n) is 1.81. The summed E-state index contributed by atoms with van der Waals surface area (Å²) >= 11 is 0. The number of fused-ring (bicyclic) bond motifs is 1. The lowest BCUT2D eigenvalue weighted by atomic mass is 10.1. The second-order valence-corrected chi connectivity index (χ2v) is 4.03. The molecule has 2 aromatic rings. The predicted octanol–water partition coefficient (Wildman–Crippen LogP) is 3.23. The molecule has 0 atom stereocenters.